The van der Waals surface area contributed by atoms with E-state index in [4.69, 9.17) is 18.9 Å². The first-order chi connectivity index (χ1) is 15.6. The number of rotatable bonds is 6. The van der Waals surface area contributed by atoms with Crippen molar-refractivity contribution in [1.29, 1.82) is 0 Å². The summed E-state index contributed by atoms with van der Waals surface area (Å²) in [5, 5.41) is 0. The number of fused-ring (bicyclic) bond motifs is 1. The quantitative estimate of drug-likeness (QED) is 0.689. The lowest BCUT2D eigenvalue weighted by Crippen LogP contribution is -2.52. The summed E-state index contributed by atoms with van der Waals surface area (Å²) in [4.78, 5) is 29.2. The zero-order chi connectivity index (χ0) is 22.1. The zero-order valence-electron chi connectivity index (χ0n) is 18.0. The second-order valence-corrected chi connectivity index (χ2v) is 8.21. The van der Waals surface area contributed by atoms with Crippen LogP contribution in [0.2, 0.25) is 0 Å². The lowest BCUT2D eigenvalue weighted by atomic mass is 10.1. The predicted octanol–water partition coefficient (Wildman–Crippen LogP) is 2.28. The first kappa shape index (κ1) is 20.5. The summed E-state index contributed by atoms with van der Waals surface area (Å²) in [6.45, 7) is 2.32. The van der Waals surface area contributed by atoms with E-state index < -0.39 is 0 Å². The van der Waals surface area contributed by atoms with Crippen LogP contribution in [0.25, 0.3) is 0 Å². The molecule has 8 heteroatoms. The molecule has 2 unspecified atom stereocenters. The molecule has 0 N–H and O–H groups in total. The van der Waals surface area contributed by atoms with Crippen molar-refractivity contribution in [2.45, 2.75) is 12.3 Å². The van der Waals surface area contributed by atoms with Gasteiger partial charge in [-0.3, -0.25) is 9.59 Å². The smallest absolute Gasteiger partial charge is 0.260 e. The summed E-state index contributed by atoms with van der Waals surface area (Å²) in [6.07, 6.45) is 0.852. The van der Waals surface area contributed by atoms with E-state index in [-0.39, 0.29) is 37.0 Å². The first-order valence-electron chi connectivity index (χ1n) is 10.9. The largest absolute Gasteiger partial charge is 0.493 e. The molecule has 3 aliphatic rings. The molecule has 1 aliphatic carbocycles. The Bertz CT molecular complexity index is 1020. The lowest BCUT2D eigenvalue weighted by Gasteiger charge is -2.35. The van der Waals surface area contributed by atoms with Crippen molar-refractivity contribution in [1.82, 2.24) is 9.80 Å². The molecule has 1 saturated carbocycles. The maximum atomic E-state index is 13.0. The van der Waals surface area contributed by atoms with Gasteiger partial charge >= 0.3 is 0 Å². The molecule has 0 radical (unpaired) electrons. The Kier molecular flexibility index (Phi) is 5.51. The number of piperazine rings is 1. The van der Waals surface area contributed by atoms with Crippen molar-refractivity contribution in [2.75, 3.05) is 46.7 Å². The highest BCUT2D eigenvalue weighted by Crippen LogP contribution is 2.50. The molecular formula is C24H26N2O6. The van der Waals surface area contributed by atoms with Crippen LogP contribution in [0.4, 0.5) is 0 Å². The van der Waals surface area contributed by atoms with Crippen LogP contribution in [0.3, 0.4) is 0 Å². The normalized spacial score (nSPS) is 21.3. The summed E-state index contributed by atoms with van der Waals surface area (Å²) in [5.41, 5.74) is 1.12. The van der Waals surface area contributed by atoms with Gasteiger partial charge in [0.25, 0.3) is 5.91 Å². The topological polar surface area (TPSA) is 77.5 Å². The molecule has 2 atom stereocenters. The van der Waals surface area contributed by atoms with Crippen LogP contribution in [0.1, 0.15) is 17.9 Å². The summed E-state index contributed by atoms with van der Waals surface area (Å²) in [6, 6.07) is 13.2. The average Bonchev–Trinajstić information content (AvgIpc) is 3.51. The summed E-state index contributed by atoms with van der Waals surface area (Å²) < 4.78 is 21.7. The molecule has 32 heavy (non-hydrogen) atoms. The van der Waals surface area contributed by atoms with Gasteiger partial charge in [-0.2, -0.15) is 0 Å². The minimum Gasteiger partial charge on any atom is -0.493 e. The van der Waals surface area contributed by atoms with Crippen LogP contribution in [0.15, 0.2) is 42.5 Å². The van der Waals surface area contributed by atoms with Crippen LogP contribution < -0.4 is 18.9 Å². The van der Waals surface area contributed by atoms with Crippen LogP contribution in [0.5, 0.6) is 23.0 Å². The van der Waals surface area contributed by atoms with E-state index >= 15 is 0 Å². The Labute approximate surface area is 186 Å². The van der Waals surface area contributed by atoms with E-state index in [2.05, 4.69) is 0 Å². The van der Waals surface area contributed by atoms with Crippen molar-refractivity contribution in [3.05, 3.63) is 48.0 Å². The molecule has 0 aromatic heterocycles. The van der Waals surface area contributed by atoms with Crippen molar-refractivity contribution in [3.8, 4) is 23.0 Å². The molecule has 2 fully saturated rings. The number of para-hydroxylation sites is 2. The second kappa shape index (κ2) is 8.61. The number of hydrogen-bond acceptors (Lipinski definition) is 6. The Morgan fingerprint density at radius 1 is 0.969 bits per heavy atom. The Morgan fingerprint density at radius 3 is 2.47 bits per heavy atom. The molecule has 2 aliphatic heterocycles. The van der Waals surface area contributed by atoms with Gasteiger partial charge in [0.15, 0.2) is 29.6 Å². The Morgan fingerprint density at radius 2 is 1.69 bits per heavy atom. The molecule has 2 aromatic rings. The molecule has 0 spiro atoms. The summed E-state index contributed by atoms with van der Waals surface area (Å²) in [7, 11) is 1.57. The number of ether oxygens (including phenoxy) is 4. The first-order valence-corrected chi connectivity index (χ1v) is 10.9. The lowest BCUT2D eigenvalue weighted by molar-refractivity contribution is -0.141. The summed E-state index contributed by atoms with van der Waals surface area (Å²) in [5.74, 6) is 2.96. The third-order valence-corrected chi connectivity index (χ3v) is 6.30. The molecule has 8 nitrogen and oxygen atoms in total. The van der Waals surface area contributed by atoms with Crippen LogP contribution >= 0.6 is 0 Å². The monoisotopic (exact) mass is 438 g/mol. The van der Waals surface area contributed by atoms with E-state index in [0.29, 0.717) is 37.7 Å². The minimum absolute atomic E-state index is 0.00602. The van der Waals surface area contributed by atoms with Gasteiger partial charge in [0.2, 0.25) is 12.7 Å². The van der Waals surface area contributed by atoms with Gasteiger partial charge in [0, 0.05) is 32.1 Å². The van der Waals surface area contributed by atoms with E-state index in [1.165, 1.54) is 0 Å². The number of hydrogen-bond donors (Lipinski definition) is 0. The van der Waals surface area contributed by atoms with Gasteiger partial charge in [-0.15, -0.1) is 0 Å². The van der Waals surface area contributed by atoms with Gasteiger partial charge in [-0.1, -0.05) is 18.2 Å². The van der Waals surface area contributed by atoms with Crippen LogP contribution in [0, 0.1) is 5.92 Å². The highest BCUT2D eigenvalue weighted by atomic mass is 16.7. The Hall–Kier alpha value is -3.42. The molecular weight excluding hydrogens is 412 g/mol. The minimum atomic E-state index is -0.0901. The van der Waals surface area contributed by atoms with Crippen LogP contribution in [-0.2, 0) is 9.59 Å². The number of methoxy groups -OCH3 is 1. The third kappa shape index (κ3) is 4.04. The van der Waals surface area contributed by atoms with Crippen LogP contribution in [-0.4, -0.2) is 68.3 Å². The van der Waals surface area contributed by atoms with Crippen molar-refractivity contribution in [3.63, 3.8) is 0 Å². The van der Waals surface area contributed by atoms with Gasteiger partial charge in [-0.05, 0) is 42.2 Å². The predicted molar refractivity (Wildman–Crippen MR) is 115 cm³/mol. The fraction of sp³-hybridized carbons (Fsp3) is 0.417. The standard InChI is InChI=1S/C24H26N2O6/c1-29-19-4-2-3-5-20(19)30-14-23(27)25-8-10-26(11-9-25)24(28)18-13-17(18)16-6-7-21-22(12-16)32-15-31-21/h2-7,12,17-18H,8-11,13-15H2,1H3. The maximum Gasteiger partial charge on any atom is 0.260 e. The van der Waals surface area contributed by atoms with Gasteiger partial charge in [-0.25, -0.2) is 0 Å². The highest BCUT2D eigenvalue weighted by Gasteiger charge is 2.46. The molecule has 2 aromatic carbocycles. The average molecular weight is 438 g/mol. The van der Waals surface area contributed by atoms with E-state index in [0.717, 1.165) is 23.5 Å². The van der Waals surface area contributed by atoms with E-state index in [1.807, 2.05) is 35.2 Å². The van der Waals surface area contributed by atoms with Crippen molar-refractivity contribution in [2.24, 2.45) is 5.92 Å². The number of nitrogens with zero attached hydrogens (tertiary/aromatic N) is 2. The van der Waals surface area contributed by atoms with Crippen molar-refractivity contribution >= 4 is 11.8 Å². The maximum absolute atomic E-state index is 13.0. The number of carbonyl (C=O) groups excluding carboxylic acids is 2. The van der Waals surface area contributed by atoms with Crippen molar-refractivity contribution < 1.29 is 28.5 Å². The molecule has 0 bridgehead atoms. The highest BCUT2D eigenvalue weighted by molar-refractivity contribution is 5.84. The number of amides is 2. The number of carbonyl (C=O) groups is 2. The fourth-order valence-electron chi connectivity index (χ4n) is 4.36. The fourth-order valence-corrected chi connectivity index (χ4v) is 4.36. The van der Waals surface area contributed by atoms with E-state index in [1.54, 1.807) is 24.1 Å². The Balaban J connectivity index is 1.10. The van der Waals surface area contributed by atoms with Gasteiger partial charge in [0.1, 0.15) is 0 Å². The molecule has 5 rings (SSSR count). The molecule has 168 valence electrons. The SMILES string of the molecule is COc1ccccc1OCC(=O)N1CCN(C(=O)C2CC2c2ccc3c(c2)OCO3)CC1. The third-order valence-electron chi connectivity index (χ3n) is 6.30. The summed E-state index contributed by atoms with van der Waals surface area (Å²) >= 11 is 0. The number of benzene rings is 2. The second-order valence-electron chi connectivity index (χ2n) is 8.21. The van der Waals surface area contributed by atoms with Gasteiger partial charge < -0.3 is 28.7 Å². The molecule has 1 saturated heterocycles. The van der Waals surface area contributed by atoms with Gasteiger partial charge in [0.05, 0.1) is 7.11 Å². The molecule has 2 heterocycles. The van der Waals surface area contributed by atoms with E-state index in [9.17, 15) is 9.59 Å². The zero-order valence-corrected chi connectivity index (χ0v) is 18.0. The molecule has 2 amide bonds.